The summed E-state index contributed by atoms with van der Waals surface area (Å²) in [4.78, 5) is 16.7. The Hall–Kier alpha value is -2.73. The molecule has 6 heteroatoms. The van der Waals surface area contributed by atoms with E-state index in [4.69, 9.17) is 9.47 Å². The van der Waals surface area contributed by atoms with E-state index in [0.29, 0.717) is 13.0 Å². The molecule has 2 aromatic rings. The first kappa shape index (κ1) is 20.0. The molecule has 1 heterocycles. The largest absolute Gasteiger partial charge is 0.497 e. The van der Waals surface area contributed by atoms with Crippen LogP contribution in [-0.2, 0) is 11.3 Å². The molecular formula is C22H29N3O3. The van der Waals surface area contributed by atoms with Crippen molar-refractivity contribution in [1.29, 1.82) is 0 Å². The van der Waals surface area contributed by atoms with Crippen LogP contribution in [0, 0.1) is 0 Å². The number of rotatable bonds is 8. The highest BCUT2D eigenvalue weighted by Gasteiger charge is 2.20. The minimum atomic E-state index is 0.219. The minimum Gasteiger partial charge on any atom is -0.497 e. The van der Waals surface area contributed by atoms with Crippen molar-refractivity contribution in [1.82, 2.24) is 10.2 Å². The number of benzene rings is 2. The maximum Gasteiger partial charge on any atom is 0.223 e. The Kier molecular flexibility index (Phi) is 7.14. The minimum absolute atomic E-state index is 0.219. The van der Waals surface area contributed by atoms with Crippen LogP contribution in [-0.4, -0.2) is 57.8 Å². The van der Waals surface area contributed by atoms with E-state index in [9.17, 15) is 4.79 Å². The molecule has 0 spiro atoms. The summed E-state index contributed by atoms with van der Waals surface area (Å²) in [7, 11) is 3.33. The van der Waals surface area contributed by atoms with Crippen molar-refractivity contribution in [2.45, 2.75) is 13.0 Å². The van der Waals surface area contributed by atoms with Gasteiger partial charge in [-0.2, -0.15) is 0 Å². The third-order valence-electron chi connectivity index (χ3n) is 5.07. The van der Waals surface area contributed by atoms with Gasteiger partial charge < -0.3 is 24.6 Å². The van der Waals surface area contributed by atoms with Gasteiger partial charge in [0.1, 0.15) is 11.5 Å². The number of anilines is 1. The normalized spacial score (nSPS) is 14.1. The van der Waals surface area contributed by atoms with Crippen molar-refractivity contribution in [3.05, 3.63) is 54.1 Å². The van der Waals surface area contributed by atoms with Gasteiger partial charge in [0.15, 0.2) is 0 Å². The first-order valence-corrected chi connectivity index (χ1v) is 9.70. The third-order valence-corrected chi connectivity index (χ3v) is 5.07. The Morgan fingerprint density at radius 3 is 2.04 bits per heavy atom. The van der Waals surface area contributed by atoms with E-state index in [1.54, 1.807) is 14.2 Å². The lowest BCUT2D eigenvalue weighted by Crippen LogP contribution is -2.49. The molecule has 1 aliphatic rings. The Bertz CT molecular complexity index is 739. The summed E-state index contributed by atoms with van der Waals surface area (Å²) in [5, 5.41) is 3.34. The number of hydrogen-bond acceptors (Lipinski definition) is 5. The monoisotopic (exact) mass is 383 g/mol. The number of methoxy groups -OCH3 is 2. The van der Waals surface area contributed by atoms with Crippen molar-refractivity contribution in [2.75, 3.05) is 51.8 Å². The van der Waals surface area contributed by atoms with Gasteiger partial charge in [-0.15, -0.1) is 0 Å². The van der Waals surface area contributed by atoms with Crippen LogP contribution in [0.15, 0.2) is 48.5 Å². The molecule has 1 N–H and O–H groups in total. The maximum atomic E-state index is 12.5. The predicted molar refractivity (Wildman–Crippen MR) is 111 cm³/mol. The highest BCUT2D eigenvalue weighted by atomic mass is 16.5. The van der Waals surface area contributed by atoms with Gasteiger partial charge in [0, 0.05) is 51.4 Å². The standard InChI is InChI=1S/C22H29N3O3/c1-27-20-7-3-18(4-8-20)17-23-12-11-22(26)25-15-13-24(14-16-25)19-5-9-21(28-2)10-6-19/h3-10,23H,11-17H2,1-2H3. The Morgan fingerprint density at radius 1 is 0.893 bits per heavy atom. The molecule has 0 aliphatic carbocycles. The molecule has 0 aromatic heterocycles. The summed E-state index contributed by atoms with van der Waals surface area (Å²) in [5.74, 6) is 1.93. The van der Waals surface area contributed by atoms with Crippen LogP contribution in [0.2, 0.25) is 0 Å². The van der Waals surface area contributed by atoms with Crippen molar-refractivity contribution in [2.24, 2.45) is 0 Å². The summed E-state index contributed by atoms with van der Waals surface area (Å²) in [6, 6.07) is 16.1. The molecule has 150 valence electrons. The molecule has 6 nitrogen and oxygen atoms in total. The fourth-order valence-corrected chi connectivity index (χ4v) is 3.34. The van der Waals surface area contributed by atoms with Gasteiger partial charge in [0.25, 0.3) is 0 Å². The number of piperazine rings is 1. The van der Waals surface area contributed by atoms with Gasteiger partial charge in [-0.3, -0.25) is 4.79 Å². The third kappa shape index (κ3) is 5.39. The number of amides is 1. The van der Waals surface area contributed by atoms with E-state index < -0.39 is 0 Å². The van der Waals surface area contributed by atoms with E-state index in [1.807, 2.05) is 41.3 Å². The molecule has 3 rings (SSSR count). The molecule has 1 saturated heterocycles. The summed E-state index contributed by atoms with van der Waals surface area (Å²) in [5.41, 5.74) is 2.36. The molecule has 1 amide bonds. The van der Waals surface area contributed by atoms with Crippen LogP contribution >= 0.6 is 0 Å². The summed E-state index contributed by atoms with van der Waals surface area (Å²) in [6.07, 6.45) is 0.526. The average molecular weight is 383 g/mol. The highest BCUT2D eigenvalue weighted by Crippen LogP contribution is 2.20. The van der Waals surface area contributed by atoms with Crippen LogP contribution in [0.4, 0.5) is 5.69 Å². The zero-order valence-electron chi connectivity index (χ0n) is 16.7. The van der Waals surface area contributed by atoms with Gasteiger partial charge in [-0.1, -0.05) is 12.1 Å². The van der Waals surface area contributed by atoms with Gasteiger partial charge in [-0.25, -0.2) is 0 Å². The number of nitrogens with one attached hydrogen (secondary N) is 1. The first-order chi connectivity index (χ1) is 13.7. The predicted octanol–water partition coefficient (Wildman–Crippen LogP) is 2.53. The SMILES string of the molecule is COc1ccc(CNCCC(=O)N2CCN(c3ccc(OC)cc3)CC2)cc1. The summed E-state index contributed by atoms with van der Waals surface area (Å²) >= 11 is 0. The van der Waals surface area contributed by atoms with Crippen molar-refractivity contribution in [3.63, 3.8) is 0 Å². The van der Waals surface area contributed by atoms with Gasteiger partial charge in [0.05, 0.1) is 14.2 Å². The number of nitrogens with zero attached hydrogens (tertiary/aromatic N) is 2. The number of hydrogen-bond donors (Lipinski definition) is 1. The molecule has 0 radical (unpaired) electrons. The van der Waals surface area contributed by atoms with E-state index in [1.165, 1.54) is 11.3 Å². The van der Waals surface area contributed by atoms with Crippen LogP contribution in [0.5, 0.6) is 11.5 Å². The Balaban J connectivity index is 1.36. The fraction of sp³-hybridized carbons (Fsp3) is 0.409. The molecule has 1 aliphatic heterocycles. The smallest absolute Gasteiger partial charge is 0.223 e. The second-order valence-corrected chi connectivity index (χ2v) is 6.84. The second-order valence-electron chi connectivity index (χ2n) is 6.84. The lowest BCUT2D eigenvalue weighted by molar-refractivity contribution is -0.131. The highest BCUT2D eigenvalue weighted by molar-refractivity contribution is 5.76. The number of ether oxygens (including phenoxy) is 2. The topological polar surface area (TPSA) is 54.0 Å². The molecule has 1 fully saturated rings. The molecule has 2 aromatic carbocycles. The van der Waals surface area contributed by atoms with Crippen molar-refractivity contribution in [3.8, 4) is 11.5 Å². The van der Waals surface area contributed by atoms with E-state index >= 15 is 0 Å². The molecule has 0 unspecified atom stereocenters. The first-order valence-electron chi connectivity index (χ1n) is 9.70. The Morgan fingerprint density at radius 2 is 1.46 bits per heavy atom. The van der Waals surface area contributed by atoms with Crippen LogP contribution in [0.3, 0.4) is 0 Å². The fourth-order valence-electron chi connectivity index (χ4n) is 3.34. The average Bonchev–Trinajstić information content (AvgIpc) is 2.77. The zero-order valence-corrected chi connectivity index (χ0v) is 16.7. The van der Waals surface area contributed by atoms with Crippen LogP contribution < -0.4 is 19.7 Å². The quantitative estimate of drug-likeness (QED) is 0.710. The lowest BCUT2D eigenvalue weighted by atomic mass is 10.2. The number of carbonyl (C=O) groups is 1. The van der Waals surface area contributed by atoms with E-state index in [-0.39, 0.29) is 5.91 Å². The molecule has 28 heavy (non-hydrogen) atoms. The van der Waals surface area contributed by atoms with Crippen LogP contribution in [0.25, 0.3) is 0 Å². The molecular weight excluding hydrogens is 354 g/mol. The van der Waals surface area contributed by atoms with Crippen molar-refractivity contribution < 1.29 is 14.3 Å². The lowest BCUT2D eigenvalue weighted by Gasteiger charge is -2.36. The van der Waals surface area contributed by atoms with Gasteiger partial charge >= 0.3 is 0 Å². The zero-order chi connectivity index (χ0) is 19.8. The maximum absolute atomic E-state index is 12.5. The van der Waals surface area contributed by atoms with Gasteiger partial charge in [0.2, 0.25) is 5.91 Å². The Labute approximate surface area is 167 Å². The van der Waals surface area contributed by atoms with Crippen LogP contribution in [0.1, 0.15) is 12.0 Å². The van der Waals surface area contributed by atoms with Crippen molar-refractivity contribution >= 4 is 11.6 Å². The van der Waals surface area contributed by atoms with E-state index in [2.05, 4.69) is 22.3 Å². The summed E-state index contributed by atoms with van der Waals surface area (Å²) < 4.78 is 10.4. The summed E-state index contributed by atoms with van der Waals surface area (Å²) in [6.45, 7) is 4.69. The van der Waals surface area contributed by atoms with E-state index in [0.717, 1.165) is 44.2 Å². The number of carbonyl (C=O) groups excluding carboxylic acids is 1. The van der Waals surface area contributed by atoms with Gasteiger partial charge in [-0.05, 0) is 42.0 Å². The molecule has 0 bridgehead atoms. The molecule has 0 atom stereocenters. The molecule has 0 saturated carbocycles. The second kappa shape index (κ2) is 9.99.